The Labute approximate surface area is 289 Å². The first kappa shape index (κ1) is 32.4. The summed E-state index contributed by atoms with van der Waals surface area (Å²) in [5.41, 5.74) is -0.413. The van der Waals surface area contributed by atoms with Gasteiger partial charge >= 0.3 is 10.2 Å². The molecule has 1 atom stereocenters. The van der Waals surface area contributed by atoms with E-state index < -0.39 is 39.1 Å². The van der Waals surface area contributed by atoms with Crippen molar-refractivity contribution in [1.82, 2.24) is 34.0 Å². The van der Waals surface area contributed by atoms with Crippen LogP contribution in [0.25, 0.3) is 16.6 Å². The van der Waals surface area contributed by atoms with Crippen molar-refractivity contribution in [3.8, 4) is 23.3 Å². The summed E-state index contributed by atoms with van der Waals surface area (Å²) in [6.07, 6.45) is 5.32. The number of hydrogen-bond donors (Lipinski definition) is 2. The second kappa shape index (κ2) is 14.2. The SMILES string of the molecule is [2H]N1CCC(CN2CCN(c3ncc(-n4cnc5ccc(Oc6c(F)ccc(NS(=O)(=O)N7CC[C@@H](F)C7)c6C#N)cc5c4=O)cn3)CC2)CC1. The molecule has 0 aliphatic carbocycles. The van der Waals surface area contributed by atoms with Crippen molar-refractivity contribution in [2.45, 2.75) is 25.4 Å². The molecule has 7 rings (SSSR count). The van der Waals surface area contributed by atoms with Crippen molar-refractivity contribution < 1.29 is 23.3 Å². The van der Waals surface area contributed by atoms with Gasteiger partial charge in [0.05, 0.1) is 34.7 Å². The van der Waals surface area contributed by atoms with Crippen molar-refractivity contribution in [3.63, 3.8) is 0 Å². The first-order valence-electron chi connectivity index (χ1n) is 16.9. The van der Waals surface area contributed by atoms with E-state index in [-0.39, 0.29) is 36.3 Å². The average Bonchev–Trinajstić information content (AvgIpc) is 3.59. The minimum atomic E-state index is -4.22. The zero-order valence-corrected chi connectivity index (χ0v) is 27.9. The second-order valence-electron chi connectivity index (χ2n) is 12.6. The average molecular weight is 708 g/mol. The molecule has 3 saturated heterocycles. The van der Waals surface area contributed by atoms with Crippen molar-refractivity contribution in [3.05, 3.63) is 70.8 Å². The number of piperazine rings is 1. The van der Waals surface area contributed by atoms with Crippen LogP contribution in [0.15, 0.2) is 53.8 Å². The van der Waals surface area contributed by atoms with E-state index in [9.17, 15) is 22.9 Å². The molecule has 3 fully saturated rings. The molecule has 2 aromatic carbocycles. The molecule has 3 aliphatic rings. The predicted molar refractivity (Wildman–Crippen MR) is 182 cm³/mol. The maximum absolute atomic E-state index is 15.0. The normalized spacial score (nSPS) is 20.1. The standard InChI is InChI=1S/C33H36F2N10O4S/c34-23-7-10-44(20-23)50(47,48)41-30-4-2-28(35)31(27(30)16-36)49-25-1-3-29-26(15-25)32(46)45(21-40-29)24-17-38-33(39-18-24)43-13-11-42(12-14-43)19-22-5-8-37-9-6-22/h1-4,15,17-18,21-23,37,41H,5-14,19-20H2/t23-/m1/s1/i/hD. The number of nitrogens with one attached hydrogen (secondary N) is 2. The van der Waals surface area contributed by atoms with Gasteiger partial charge in [-0.25, -0.2) is 23.7 Å². The Morgan fingerprint density at radius 1 is 1.06 bits per heavy atom. The number of nitriles is 1. The molecule has 0 saturated carbocycles. The molecule has 0 bridgehead atoms. The number of nitrogens with zero attached hydrogens (tertiary/aromatic N) is 8. The highest BCUT2D eigenvalue weighted by molar-refractivity contribution is 7.90. The molecule has 50 heavy (non-hydrogen) atoms. The zero-order valence-electron chi connectivity index (χ0n) is 28.1. The quantitative estimate of drug-likeness (QED) is 0.263. The lowest BCUT2D eigenvalue weighted by atomic mass is 9.97. The third-order valence-electron chi connectivity index (χ3n) is 9.31. The topological polar surface area (TPSA) is 162 Å². The number of hydrogen-bond acceptors (Lipinski definition) is 11. The van der Waals surface area contributed by atoms with Crippen LogP contribution in [0.3, 0.4) is 0 Å². The highest BCUT2D eigenvalue weighted by Gasteiger charge is 2.32. The summed E-state index contributed by atoms with van der Waals surface area (Å²) >= 11 is 0. The Morgan fingerprint density at radius 3 is 2.52 bits per heavy atom. The minimum absolute atomic E-state index is 0.00181. The lowest BCUT2D eigenvalue weighted by Crippen LogP contribution is -2.49. The van der Waals surface area contributed by atoms with Crippen LogP contribution >= 0.6 is 0 Å². The molecule has 0 spiro atoms. The van der Waals surface area contributed by atoms with E-state index in [0.717, 1.165) is 75.1 Å². The van der Waals surface area contributed by atoms with E-state index in [1.54, 1.807) is 23.8 Å². The summed E-state index contributed by atoms with van der Waals surface area (Å²) < 4.78 is 72.3. The number of benzene rings is 2. The van der Waals surface area contributed by atoms with Crippen LogP contribution in [0.5, 0.6) is 11.5 Å². The van der Waals surface area contributed by atoms with Gasteiger partial charge in [-0.15, -0.1) is 0 Å². The third kappa shape index (κ3) is 7.10. The second-order valence-corrected chi connectivity index (χ2v) is 14.3. The van der Waals surface area contributed by atoms with Gasteiger partial charge in [0, 0.05) is 45.8 Å². The molecule has 262 valence electrons. The number of piperidine rings is 1. The van der Waals surface area contributed by atoms with Crippen molar-refractivity contribution in [2.24, 2.45) is 5.92 Å². The van der Waals surface area contributed by atoms with Crippen LogP contribution < -0.4 is 25.2 Å². The van der Waals surface area contributed by atoms with Crippen LogP contribution in [-0.4, -0.2) is 102 Å². The summed E-state index contributed by atoms with van der Waals surface area (Å²) in [6, 6.07) is 8.12. The van der Waals surface area contributed by atoms with E-state index >= 15 is 4.39 Å². The molecule has 2 N–H and O–H groups in total. The van der Waals surface area contributed by atoms with Crippen LogP contribution in [0.1, 0.15) is 24.8 Å². The first-order valence-corrected chi connectivity index (χ1v) is 17.9. The summed E-state index contributed by atoms with van der Waals surface area (Å²) in [7, 11) is -4.22. The smallest absolute Gasteiger partial charge is 0.301 e. The van der Waals surface area contributed by atoms with Gasteiger partial charge in [0.2, 0.25) is 5.95 Å². The van der Waals surface area contributed by atoms with Gasteiger partial charge < -0.3 is 14.9 Å². The molecule has 0 radical (unpaired) electrons. The maximum atomic E-state index is 15.0. The van der Waals surface area contributed by atoms with Crippen LogP contribution in [0.4, 0.5) is 20.4 Å². The van der Waals surface area contributed by atoms with E-state index in [4.69, 9.17) is 6.15 Å². The molecule has 17 heteroatoms. The monoisotopic (exact) mass is 707 g/mol. The van der Waals surface area contributed by atoms with Crippen LogP contribution in [0, 0.1) is 23.1 Å². The van der Waals surface area contributed by atoms with Gasteiger partial charge in [-0.3, -0.25) is 19.0 Å². The molecule has 14 nitrogen and oxygen atoms in total. The number of alkyl halides is 1. The fraction of sp³-hybridized carbons (Fsp3) is 0.424. The highest BCUT2D eigenvalue weighted by Crippen LogP contribution is 2.34. The Hall–Kier alpha value is -4.76. The number of ether oxygens (including phenoxy) is 1. The van der Waals surface area contributed by atoms with Crippen molar-refractivity contribution >= 4 is 32.7 Å². The summed E-state index contributed by atoms with van der Waals surface area (Å²) in [6.45, 7) is 5.66. The van der Waals surface area contributed by atoms with Crippen LogP contribution in [-0.2, 0) is 10.2 Å². The maximum Gasteiger partial charge on any atom is 0.301 e. The van der Waals surface area contributed by atoms with Crippen molar-refractivity contribution in [1.29, 1.82) is 5.26 Å². The number of halogens is 2. The minimum Gasteiger partial charge on any atom is -0.453 e. The van der Waals surface area contributed by atoms with E-state index in [0.29, 0.717) is 23.1 Å². The van der Waals surface area contributed by atoms with Gasteiger partial charge in [0.15, 0.2) is 11.6 Å². The number of rotatable bonds is 9. The fourth-order valence-electron chi connectivity index (χ4n) is 6.51. The molecule has 3 aliphatic heterocycles. The number of aromatic nitrogens is 4. The molecule has 4 aromatic rings. The summed E-state index contributed by atoms with van der Waals surface area (Å²) in [5.74, 6) is -0.306. The van der Waals surface area contributed by atoms with Gasteiger partial charge in [0.25, 0.3) is 5.56 Å². The fourth-order valence-corrected chi connectivity index (χ4v) is 7.79. The highest BCUT2D eigenvalue weighted by atomic mass is 32.2. The number of fused-ring (bicyclic) bond motifs is 1. The lowest BCUT2D eigenvalue weighted by molar-refractivity contribution is 0.196. The van der Waals surface area contributed by atoms with Gasteiger partial charge in [0.1, 0.15) is 31.3 Å². The van der Waals surface area contributed by atoms with Gasteiger partial charge in [-0.1, -0.05) is 0 Å². The molecular weight excluding hydrogens is 670 g/mol. The molecule has 0 unspecified atom stereocenters. The molecule has 5 heterocycles. The van der Waals surface area contributed by atoms with E-state index in [1.807, 2.05) is 0 Å². The molecule has 0 amide bonds. The summed E-state index contributed by atoms with van der Waals surface area (Å²) in [4.78, 5) is 31.6. The number of anilines is 2. The largest absolute Gasteiger partial charge is 0.453 e. The van der Waals surface area contributed by atoms with Gasteiger partial charge in [-0.2, -0.15) is 18.0 Å². The van der Waals surface area contributed by atoms with Crippen molar-refractivity contribution in [2.75, 3.05) is 68.5 Å². The Balaban J connectivity index is 1.06. The van der Waals surface area contributed by atoms with Crippen LogP contribution in [0.2, 0.25) is 1.41 Å². The predicted octanol–water partition coefficient (Wildman–Crippen LogP) is 2.80. The van der Waals surface area contributed by atoms with E-state index in [1.165, 1.54) is 29.1 Å². The molecule has 2 aromatic heterocycles. The first-order chi connectivity index (χ1) is 24.6. The Bertz CT molecular complexity index is 2120. The molecular formula is C33H36F2N10O4S. The van der Waals surface area contributed by atoms with Gasteiger partial charge in [-0.05, 0) is 68.6 Å². The zero-order chi connectivity index (χ0) is 35.7. The Kier molecular flexibility index (Phi) is 9.23. The lowest BCUT2D eigenvalue weighted by Gasteiger charge is -2.37. The summed E-state index contributed by atoms with van der Waals surface area (Å²) in [5, 5.41) is 11.6. The van der Waals surface area contributed by atoms with E-state index in [2.05, 4.69) is 29.5 Å². The third-order valence-corrected chi connectivity index (χ3v) is 10.8. The Morgan fingerprint density at radius 2 is 1.82 bits per heavy atom.